The third kappa shape index (κ3) is 13.5. The number of carbonyl (C=O) groups is 1. The Balaban J connectivity index is 0.770. The predicted molar refractivity (Wildman–Crippen MR) is 335 cm³/mol. The van der Waals surface area contributed by atoms with Gasteiger partial charge >= 0.3 is 6.03 Å². The first-order valence-electron chi connectivity index (χ1n) is 28.0. The van der Waals surface area contributed by atoms with E-state index in [1.54, 1.807) is 83.7 Å². The quantitative estimate of drug-likeness (QED) is 0.0475. The van der Waals surface area contributed by atoms with Crippen LogP contribution in [0.2, 0.25) is 10.0 Å². The van der Waals surface area contributed by atoms with E-state index in [1.165, 1.54) is 6.20 Å². The summed E-state index contributed by atoms with van der Waals surface area (Å²) in [6.45, 7) is 14.1. The number of piperidine rings is 1. The van der Waals surface area contributed by atoms with Crippen molar-refractivity contribution in [2.45, 2.75) is 55.2 Å². The van der Waals surface area contributed by atoms with Crippen LogP contribution in [0, 0.1) is 5.92 Å². The second kappa shape index (κ2) is 25.2. The number of ether oxygens (including phenoxy) is 2. The van der Waals surface area contributed by atoms with Crippen LogP contribution < -0.4 is 51.6 Å². The summed E-state index contributed by atoms with van der Waals surface area (Å²) in [5, 5.41) is 17.2. The van der Waals surface area contributed by atoms with E-state index >= 15 is 0 Å². The Bertz CT molecular complexity index is 3570. The van der Waals surface area contributed by atoms with Gasteiger partial charge < -0.3 is 59.9 Å². The third-order valence-corrected chi connectivity index (χ3v) is 23.7. The van der Waals surface area contributed by atoms with Gasteiger partial charge in [0.2, 0.25) is 11.9 Å². The number of urea groups is 1. The Labute approximate surface area is 496 Å². The number of hydrogen-bond acceptors (Lipinski definition) is 18. The molecule has 0 spiro atoms. The highest BCUT2D eigenvalue weighted by atomic mass is 35.5. The van der Waals surface area contributed by atoms with Crippen LogP contribution in [0.25, 0.3) is 0 Å². The predicted octanol–water partition coefficient (Wildman–Crippen LogP) is 10.0. The molecule has 83 heavy (non-hydrogen) atoms. The average Bonchev–Trinajstić information content (AvgIpc) is 4.46. The molecule has 0 radical (unpaired) electrons. The lowest BCUT2D eigenvalue weighted by Gasteiger charge is -2.43. The molecule has 1 saturated carbocycles. The summed E-state index contributed by atoms with van der Waals surface area (Å²) in [5.41, 5.74) is 4.03. The van der Waals surface area contributed by atoms with Gasteiger partial charge in [-0.1, -0.05) is 47.5 Å². The minimum Gasteiger partial charge on any atom is -0.495 e. The van der Waals surface area contributed by atoms with Crippen molar-refractivity contribution in [3.8, 4) is 11.5 Å². The fourth-order valence-corrected chi connectivity index (χ4v) is 16.7. The lowest BCUT2D eigenvalue weighted by atomic mass is 10.0. The maximum atomic E-state index is 14.2. The van der Waals surface area contributed by atoms with Crippen molar-refractivity contribution in [2.75, 3.05) is 132 Å². The second-order valence-corrected chi connectivity index (χ2v) is 31.9. The summed E-state index contributed by atoms with van der Waals surface area (Å²) in [6.07, 6.45) is 5.22. The first-order valence-corrected chi connectivity index (χ1v) is 35.0. The van der Waals surface area contributed by atoms with Gasteiger partial charge in [-0.3, -0.25) is 4.90 Å². The normalized spacial score (nSPS) is 18.8. The highest BCUT2D eigenvalue weighted by Gasteiger charge is 2.43. The molecule has 2 amide bonds. The molecule has 3 aliphatic heterocycles. The second-order valence-electron chi connectivity index (χ2n) is 22.2. The summed E-state index contributed by atoms with van der Waals surface area (Å²) in [5.74, 6) is 2.67. The van der Waals surface area contributed by atoms with Crippen molar-refractivity contribution in [3.05, 3.63) is 107 Å². The first-order chi connectivity index (χ1) is 39.7. The van der Waals surface area contributed by atoms with Crippen LogP contribution in [0.1, 0.15) is 44.7 Å². The van der Waals surface area contributed by atoms with Crippen molar-refractivity contribution >= 4 is 116 Å². The molecular weight excluding hydrogens is 1160 g/mol. The van der Waals surface area contributed by atoms with Crippen LogP contribution in [0.5, 0.6) is 11.5 Å². The van der Waals surface area contributed by atoms with E-state index < -0.39 is 29.4 Å². The zero-order chi connectivity index (χ0) is 58.8. The molecule has 3 saturated heterocycles. The molecule has 2 unspecified atom stereocenters. The third-order valence-electron chi connectivity index (χ3n) is 16.2. The highest BCUT2D eigenvalue weighted by molar-refractivity contribution is 7.92. The molecule has 4 fully saturated rings. The van der Waals surface area contributed by atoms with Gasteiger partial charge in [-0.2, -0.15) is 9.97 Å². The molecule has 5 heterocycles. The molecule has 4 aliphatic rings. The Morgan fingerprint density at radius 3 is 2.06 bits per heavy atom. The largest absolute Gasteiger partial charge is 0.495 e. The van der Waals surface area contributed by atoms with Crippen LogP contribution in [0.15, 0.2) is 96.0 Å². The van der Waals surface area contributed by atoms with E-state index in [2.05, 4.69) is 57.3 Å². The number of nitrogens with zero attached hydrogens (tertiary/aromatic N) is 8. The number of para-hydroxylation sites is 2. The maximum absolute atomic E-state index is 14.2. The van der Waals surface area contributed by atoms with Crippen LogP contribution in [0.4, 0.5) is 56.8 Å². The number of methoxy groups -OCH3 is 2. The monoisotopic (exact) mass is 1230 g/mol. The van der Waals surface area contributed by atoms with Crippen molar-refractivity contribution in [3.63, 3.8) is 0 Å². The SMILES string of the molecule is CNC(=O)N1CCP(=O)(c2ccc(Nc3nc(Nc4ccccc4S(=O)(=O)C(C)C)c(Cl)c(C4CC4CN4CCN(C5CCN(c6ccc(Nc7ncc(Cl)c(Nc8ccccc8P(C)(C)=O)n7)c(OC)c6)CC5)CC4)n3)c(OC)c2)CC1. The fraction of sp³-hybridized carbons (Fsp3) is 0.431. The molecule has 5 N–H and O–H groups in total. The summed E-state index contributed by atoms with van der Waals surface area (Å²) < 4.78 is 66.1. The van der Waals surface area contributed by atoms with Crippen molar-refractivity contribution in [2.24, 2.45) is 5.92 Å². The number of amides is 2. The molecule has 1 aliphatic carbocycles. The number of benzene rings is 4. The Kier molecular flexibility index (Phi) is 18.2. The van der Waals surface area contributed by atoms with Crippen molar-refractivity contribution in [1.29, 1.82) is 0 Å². The Morgan fingerprint density at radius 2 is 1.39 bits per heavy atom. The van der Waals surface area contributed by atoms with Gasteiger partial charge in [-0.25, -0.2) is 23.2 Å². The highest BCUT2D eigenvalue weighted by Crippen LogP contribution is 2.52. The lowest BCUT2D eigenvalue weighted by molar-refractivity contribution is 0.0822. The molecule has 6 aromatic rings. The van der Waals surface area contributed by atoms with E-state index in [-0.39, 0.29) is 28.6 Å². The molecule has 25 heteroatoms. The number of rotatable bonds is 19. The molecule has 2 aromatic heterocycles. The molecule has 2 atom stereocenters. The van der Waals surface area contributed by atoms with Crippen LogP contribution in [0.3, 0.4) is 0 Å². The van der Waals surface area contributed by atoms with E-state index in [0.29, 0.717) is 110 Å². The number of piperazine rings is 1. The lowest BCUT2D eigenvalue weighted by Crippen LogP contribution is -2.53. The topological polar surface area (TPSA) is 228 Å². The molecule has 10 rings (SSSR count). The minimum absolute atomic E-state index is 0.0386. The van der Waals surface area contributed by atoms with Gasteiger partial charge in [0, 0.05) is 113 Å². The molecule has 0 bridgehead atoms. The number of hydrogen-bond donors (Lipinski definition) is 5. The van der Waals surface area contributed by atoms with E-state index in [9.17, 15) is 22.3 Å². The number of aromatic nitrogens is 4. The Hall–Kier alpha value is -6.18. The van der Waals surface area contributed by atoms with E-state index in [0.717, 1.165) is 70.8 Å². The minimum atomic E-state index is -3.68. The molecule has 442 valence electrons. The van der Waals surface area contributed by atoms with Crippen molar-refractivity contribution < 1.29 is 31.8 Å². The Morgan fingerprint density at radius 1 is 0.759 bits per heavy atom. The fourth-order valence-electron chi connectivity index (χ4n) is 11.3. The molecule has 20 nitrogen and oxygen atoms in total. The summed E-state index contributed by atoms with van der Waals surface area (Å²) in [7, 11) is -4.29. The number of nitrogens with one attached hydrogen (secondary N) is 5. The van der Waals surface area contributed by atoms with E-state index in [1.807, 2.05) is 48.5 Å². The maximum Gasteiger partial charge on any atom is 0.317 e. The summed E-state index contributed by atoms with van der Waals surface area (Å²) in [4.78, 5) is 40.7. The number of sulfone groups is 1. The number of halogens is 2. The van der Waals surface area contributed by atoms with Crippen LogP contribution in [-0.2, 0) is 19.0 Å². The van der Waals surface area contributed by atoms with Crippen LogP contribution in [-0.4, -0.2) is 166 Å². The zero-order valence-electron chi connectivity index (χ0n) is 47.9. The standard InChI is InChI=1S/C58H73Cl2N13O7P2S/c1-37(2)83(77,78)51-15-11-9-13-47(51)64-55-52(60)53(67-57(69-55)66-45-19-17-41(34-49(45)80-5)82(76)30-28-73(29-31-82)58(74)61-3)42-32-38(42)36-70-24-26-72(27-25-70)39-20-22-71(23-21-39)40-16-18-44(48(33-40)79-4)65-56-62-35-43(59)54(68-56)63-46-12-8-10-14-50(46)81(6,7)75/h8-19,33-35,37-39,42H,20-32,36H2,1-7H3,(H,61,74)(H2,62,63,65,68)(H2,64,66,67,69). The molecule has 4 aromatic carbocycles. The van der Waals surface area contributed by atoms with Gasteiger partial charge in [0.05, 0.1) is 59.0 Å². The average molecular weight is 1230 g/mol. The number of anilines is 9. The van der Waals surface area contributed by atoms with Crippen molar-refractivity contribution in [1.82, 2.24) is 40.0 Å². The van der Waals surface area contributed by atoms with Gasteiger partial charge in [-0.15, -0.1) is 0 Å². The summed E-state index contributed by atoms with van der Waals surface area (Å²) in [6, 6.07) is 26.0. The zero-order valence-corrected chi connectivity index (χ0v) is 52.0. The van der Waals surface area contributed by atoms with Gasteiger partial charge in [-0.05, 0) is 107 Å². The van der Waals surface area contributed by atoms with E-state index in [4.69, 9.17) is 42.6 Å². The molecular formula is C58H73Cl2N13O7P2S. The van der Waals surface area contributed by atoms with Gasteiger partial charge in [0.25, 0.3) is 0 Å². The first kappa shape index (κ1) is 60.0. The number of carbonyl (C=O) groups excluding carboxylic acids is 1. The van der Waals surface area contributed by atoms with Gasteiger partial charge in [0.15, 0.2) is 21.5 Å². The van der Waals surface area contributed by atoms with Crippen LogP contribution >= 0.6 is 37.5 Å². The summed E-state index contributed by atoms with van der Waals surface area (Å²) >= 11 is 13.8. The smallest absolute Gasteiger partial charge is 0.317 e. The van der Waals surface area contributed by atoms with Gasteiger partial charge in [0.1, 0.15) is 35.8 Å².